The summed E-state index contributed by atoms with van der Waals surface area (Å²) in [6, 6.07) is 0.890. The maximum atomic E-state index is 3.47. The van der Waals surface area contributed by atoms with E-state index in [4.69, 9.17) is 0 Å². The number of hydrogen-bond acceptors (Lipinski definition) is 1. The molecule has 0 radical (unpaired) electrons. The SMILES string of the molecule is CCCCCCCC(CCC)C1CN1. The van der Waals surface area contributed by atoms with Crippen LogP contribution in [0.4, 0.5) is 0 Å². The Labute approximate surface area is 89.7 Å². The lowest BCUT2D eigenvalue weighted by Gasteiger charge is -2.13. The van der Waals surface area contributed by atoms with E-state index in [1.165, 1.54) is 57.9 Å². The normalized spacial score (nSPS) is 22.3. The van der Waals surface area contributed by atoms with Crippen molar-refractivity contribution in [1.82, 2.24) is 5.32 Å². The molecule has 1 saturated heterocycles. The molecule has 1 aliphatic rings. The Bertz CT molecular complexity index is 129. The molecule has 0 bridgehead atoms. The molecule has 84 valence electrons. The zero-order valence-electron chi connectivity index (χ0n) is 10.0. The highest BCUT2D eigenvalue weighted by molar-refractivity contribution is 4.89. The van der Waals surface area contributed by atoms with E-state index in [2.05, 4.69) is 19.2 Å². The standard InChI is InChI=1S/C13H27N/c1-3-5-6-7-8-10-12(9-4-2)13-11-14-13/h12-14H,3-11H2,1-2H3. The highest BCUT2D eigenvalue weighted by atomic mass is 15.1. The van der Waals surface area contributed by atoms with Crippen molar-refractivity contribution in [3.63, 3.8) is 0 Å². The summed E-state index contributed by atoms with van der Waals surface area (Å²) < 4.78 is 0. The average Bonchev–Trinajstić information content (AvgIpc) is 2.99. The average molecular weight is 197 g/mol. The van der Waals surface area contributed by atoms with Gasteiger partial charge in [-0.25, -0.2) is 0 Å². The predicted molar refractivity (Wildman–Crippen MR) is 63.6 cm³/mol. The fourth-order valence-corrected chi connectivity index (χ4v) is 2.33. The first-order valence-electron chi connectivity index (χ1n) is 6.61. The summed E-state index contributed by atoms with van der Waals surface area (Å²) in [6.45, 7) is 5.89. The van der Waals surface area contributed by atoms with Crippen molar-refractivity contribution in [2.24, 2.45) is 5.92 Å². The van der Waals surface area contributed by atoms with Gasteiger partial charge in [0.25, 0.3) is 0 Å². The van der Waals surface area contributed by atoms with Crippen molar-refractivity contribution in [1.29, 1.82) is 0 Å². The lowest BCUT2D eigenvalue weighted by atomic mass is 9.93. The lowest BCUT2D eigenvalue weighted by molar-refractivity contribution is 0.413. The van der Waals surface area contributed by atoms with E-state index in [0.29, 0.717) is 0 Å². The largest absolute Gasteiger partial charge is 0.311 e. The lowest BCUT2D eigenvalue weighted by Crippen LogP contribution is -2.10. The van der Waals surface area contributed by atoms with E-state index < -0.39 is 0 Å². The van der Waals surface area contributed by atoms with Crippen molar-refractivity contribution in [2.75, 3.05) is 6.54 Å². The van der Waals surface area contributed by atoms with Crippen LogP contribution in [-0.4, -0.2) is 12.6 Å². The van der Waals surface area contributed by atoms with Gasteiger partial charge >= 0.3 is 0 Å². The second kappa shape index (κ2) is 7.28. The molecule has 2 atom stereocenters. The number of unbranched alkanes of at least 4 members (excludes halogenated alkanes) is 4. The second-order valence-corrected chi connectivity index (χ2v) is 4.77. The van der Waals surface area contributed by atoms with Gasteiger partial charge in [0.05, 0.1) is 0 Å². The molecular weight excluding hydrogens is 170 g/mol. The van der Waals surface area contributed by atoms with E-state index in [1.54, 1.807) is 0 Å². The fraction of sp³-hybridized carbons (Fsp3) is 1.00. The van der Waals surface area contributed by atoms with Gasteiger partial charge < -0.3 is 5.32 Å². The maximum Gasteiger partial charge on any atom is 0.0221 e. The summed E-state index contributed by atoms with van der Waals surface area (Å²) in [7, 11) is 0. The Morgan fingerprint density at radius 3 is 2.29 bits per heavy atom. The minimum Gasteiger partial charge on any atom is -0.311 e. The van der Waals surface area contributed by atoms with Crippen LogP contribution in [0.2, 0.25) is 0 Å². The van der Waals surface area contributed by atoms with Gasteiger partial charge in [0.1, 0.15) is 0 Å². The van der Waals surface area contributed by atoms with Crippen molar-refractivity contribution in [2.45, 2.75) is 71.3 Å². The topological polar surface area (TPSA) is 21.9 Å². The van der Waals surface area contributed by atoms with Crippen LogP contribution in [0.15, 0.2) is 0 Å². The Balaban J connectivity index is 1.96. The van der Waals surface area contributed by atoms with E-state index in [9.17, 15) is 0 Å². The highest BCUT2D eigenvalue weighted by Gasteiger charge is 2.28. The molecule has 0 saturated carbocycles. The molecule has 1 rings (SSSR count). The van der Waals surface area contributed by atoms with Crippen LogP contribution in [-0.2, 0) is 0 Å². The summed E-state index contributed by atoms with van der Waals surface area (Å²) >= 11 is 0. The van der Waals surface area contributed by atoms with Crippen LogP contribution in [0.1, 0.15) is 65.2 Å². The van der Waals surface area contributed by atoms with Gasteiger partial charge in [-0.3, -0.25) is 0 Å². The van der Waals surface area contributed by atoms with Gasteiger partial charge in [-0.2, -0.15) is 0 Å². The van der Waals surface area contributed by atoms with Crippen molar-refractivity contribution >= 4 is 0 Å². The number of hydrogen-bond donors (Lipinski definition) is 1. The van der Waals surface area contributed by atoms with Crippen LogP contribution in [0.25, 0.3) is 0 Å². The molecule has 1 heteroatoms. The number of rotatable bonds is 9. The molecule has 0 spiro atoms. The van der Waals surface area contributed by atoms with E-state index >= 15 is 0 Å². The van der Waals surface area contributed by atoms with Crippen LogP contribution < -0.4 is 5.32 Å². The molecule has 1 N–H and O–H groups in total. The third-order valence-corrected chi connectivity index (χ3v) is 3.35. The zero-order chi connectivity index (χ0) is 10.2. The van der Waals surface area contributed by atoms with Crippen molar-refractivity contribution in [3.05, 3.63) is 0 Å². The maximum absolute atomic E-state index is 3.47. The molecule has 1 aliphatic heterocycles. The summed E-state index contributed by atoms with van der Waals surface area (Å²) in [5.41, 5.74) is 0. The molecular formula is C13H27N. The van der Waals surface area contributed by atoms with E-state index in [1.807, 2.05) is 0 Å². The molecule has 0 aliphatic carbocycles. The monoisotopic (exact) mass is 197 g/mol. The molecule has 1 nitrogen and oxygen atoms in total. The van der Waals surface area contributed by atoms with E-state index in [0.717, 1.165) is 12.0 Å². The second-order valence-electron chi connectivity index (χ2n) is 4.77. The van der Waals surface area contributed by atoms with Gasteiger partial charge in [-0.1, -0.05) is 52.4 Å². The minimum absolute atomic E-state index is 0.890. The third kappa shape index (κ3) is 4.99. The quantitative estimate of drug-likeness (QED) is 0.441. The molecule has 1 heterocycles. The Morgan fingerprint density at radius 2 is 1.71 bits per heavy atom. The van der Waals surface area contributed by atoms with E-state index in [-0.39, 0.29) is 0 Å². The minimum atomic E-state index is 0.890. The molecule has 14 heavy (non-hydrogen) atoms. The van der Waals surface area contributed by atoms with Crippen molar-refractivity contribution < 1.29 is 0 Å². The molecule has 0 aromatic heterocycles. The van der Waals surface area contributed by atoms with Gasteiger partial charge in [0.15, 0.2) is 0 Å². The van der Waals surface area contributed by atoms with Gasteiger partial charge in [0.2, 0.25) is 0 Å². The van der Waals surface area contributed by atoms with Crippen molar-refractivity contribution in [3.8, 4) is 0 Å². The summed E-state index contributed by atoms with van der Waals surface area (Å²) in [5, 5.41) is 3.47. The van der Waals surface area contributed by atoms with Gasteiger partial charge in [-0.05, 0) is 18.8 Å². The molecule has 0 aromatic carbocycles. The first-order valence-corrected chi connectivity index (χ1v) is 6.61. The highest BCUT2D eigenvalue weighted by Crippen LogP contribution is 2.24. The number of nitrogens with one attached hydrogen (secondary N) is 1. The Morgan fingerprint density at radius 1 is 1.00 bits per heavy atom. The van der Waals surface area contributed by atoms with Crippen LogP contribution in [0, 0.1) is 5.92 Å². The molecule has 0 amide bonds. The van der Waals surface area contributed by atoms with Crippen LogP contribution in [0.5, 0.6) is 0 Å². The summed E-state index contributed by atoms with van der Waals surface area (Å²) in [6.07, 6.45) is 11.4. The first-order chi connectivity index (χ1) is 6.88. The molecule has 0 aromatic rings. The third-order valence-electron chi connectivity index (χ3n) is 3.35. The van der Waals surface area contributed by atoms with Crippen LogP contribution in [0.3, 0.4) is 0 Å². The zero-order valence-corrected chi connectivity index (χ0v) is 10.0. The summed E-state index contributed by atoms with van der Waals surface area (Å²) in [4.78, 5) is 0. The van der Waals surface area contributed by atoms with Gasteiger partial charge in [-0.15, -0.1) is 0 Å². The Hall–Kier alpha value is -0.0400. The Kier molecular flexibility index (Phi) is 6.25. The molecule has 1 fully saturated rings. The summed E-state index contributed by atoms with van der Waals surface area (Å²) in [5.74, 6) is 0.988. The first kappa shape index (κ1) is 12.0. The smallest absolute Gasteiger partial charge is 0.0221 e. The fourth-order valence-electron chi connectivity index (χ4n) is 2.33. The predicted octanol–water partition coefficient (Wildman–Crippen LogP) is 3.74. The van der Waals surface area contributed by atoms with Crippen LogP contribution >= 0.6 is 0 Å². The van der Waals surface area contributed by atoms with Gasteiger partial charge in [0, 0.05) is 12.6 Å². The molecule has 2 unspecified atom stereocenters.